The fourth-order valence-electron chi connectivity index (χ4n) is 2.81. The maximum absolute atomic E-state index is 12.9. The third-order valence-electron chi connectivity index (χ3n) is 4.33. The molecule has 0 aliphatic heterocycles. The quantitative estimate of drug-likeness (QED) is 0.729. The second kappa shape index (κ2) is 8.32. The van der Waals surface area contributed by atoms with Crippen LogP contribution in [-0.2, 0) is 6.54 Å². The van der Waals surface area contributed by atoms with Gasteiger partial charge >= 0.3 is 0 Å². The number of benzene rings is 3. The van der Waals surface area contributed by atoms with Crippen LogP contribution < -0.4 is 5.32 Å². The van der Waals surface area contributed by atoms with E-state index in [9.17, 15) is 9.59 Å². The highest BCUT2D eigenvalue weighted by Crippen LogP contribution is 2.19. The zero-order chi connectivity index (χ0) is 19.2. The molecule has 136 valence electrons. The van der Waals surface area contributed by atoms with E-state index in [-0.39, 0.29) is 11.8 Å². The van der Waals surface area contributed by atoms with Crippen molar-refractivity contribution in [3.05, 3.63) is 101 Å². The number of rotatable bonds is 5. The summed E-state index contributed by atoms with van der Waals surface area (Å²) in [5.74, 6) is -0.375. The number of nitrogens with zero attached hydrogens (tertiary/aromatic N) is 1. The Kier molecular flexibility index (Phi) is 5.67. The van der Waals surface area contributed by atoms with Gasteiger partial charge in [-0.25, -0.2) is 0 Å². The third-order valence-corrected chi connectivity index (χ3v) is 4.33. The van der Waals surface area contributed by atoms with Gasteiger partial charge in [0.15, 0.2) is 0 Å². The van der Waals surface area contributed by atoms with Crippen molar-refractivity contribution in [2.24, 2.45) is 0 Å². The lowest BCUT2D eigenvalue weighted by Gasteiger charge is -2.19. The molecule has 3 aromatic rings. The summed E-state index contributed by atoms with van der Waals surface area (Å²) in [7, 11) is 1.76. The van der Waals surface area contributed by atoms with E-state index in [1.165, 1.54) is 0 Å². The first-order valence-corrected chi connectivity index (χ1v) is 8.81. The maximum Gasteiger partial charge on any atom is 0.256 e. The number of amides is 2. The van der Waals surface area contributed by atoms with Crippen LogP contribution in [0.25, 0.3) is 0 Å². The van der Waals surface area contributed by atoms with Crippen molar-refractivity contribution in [3.63, 3.8) is 0 Å². The summed E-state index contributed by atoms with van der Waals surface area (Å²) in [6.07, 6.45) is 0. The number of hydrogen-bond acceptors (Lipinski definition) is 2. The summed E-state index contributed by atoms with van der Waals surface area (Å²) < 4.78 is 0. The van der Waals surface area contributed by atoms with Crippen molar-refractivity contribution in [1.82, 2.24) is 4.90 Å². The van der Waals surface area contributed by atoms with Gasteiger partial charge in [0, 0.05) is 19.2 Å². The minimum atomic E-state index is -0.235. The number of anilines is 1. The number of carbonyl (C=O) groups excluding carboxylic acids is 2. The van der Waals surface area contributed by atoms with E-state index < -0.39 is 0 Å². The van der Waals surface area contributed by atoms with Crippen LogP contribution in [0.5, 0.6) is 0 Å². The van der Waals surface area contributed by atoms with Gasteiger partial charge in [-0.3, -0.25) is 9.59 Å². The molecule has 1 N–H and O–H groups in total. The van der Waals surface area contributed by atoms with E-state index in [1.807, 2.05) is 49.4 Å². The predicted octanol–water partition coefficient (Wildman–Crippen LogP) is 4.52. The standard InChI is InChI=1S/C23H22N2O2/c1-17-12-14-19(15-13-17)22(26)24-21-11-7-6-10-20(21)23(27)25(2)16-18-8-4-3-5-9-18/h3-15H,16H2,1-2H3,(H,24,26). The highest BCUT2D eigenvalue weighted by molar-refractivity contribution is 6.08. The number of aryl methyl sites for hydroxylation is 1. The third kappa shape index (κ3) is 4.61. The van der Waals surface area contributed by atoms with Gasteiger partial charge in [-0.1, -0.05) is 60.2 Å². The molecular formula is C23H22N2O2. The normalized spacial score (nSPS) is 10.3. The molecule has 0 aliphatic rings. The average molecular weight is 358 g/mol. The summed E-state index contributed by atoms with van der Waals surface area (Å²) in [5, 5.41) is 2.86. The lowest BCUT2D eigenvalue weighted by atomic mass is 10.1. The summed E-state index contributed by atoms with van der Waals surface area (Å²) in [6, 6.07) is 24.2. The molecule has 0 unspecified atom stereocenters. The number of nitrogens with one attached hydrogen (secondary N) is 1. The smallest absolute Gasteiger partial charge is 0.256 e. The fraction of sp³-hybridized carbons (Fsp3) is 0.130. The van der Waals surface area contributed by atoms with Crippen LogP contribution >= 0.6 is 0 Å². The SMILES string of the molecule is Cc1ccc(C(=O)Nc2ccccc2C(=O)N(C)Cc2ccccc2)cc1. The lowest BCUT2D eigenvalue weighted by Crippen LogP contribution is -2.27. The molecule has 3 aromatic carbocycles. The molecule has 0 fully saturated rings. The lowest BCUT2D eigenvalue weighted by molar-refractivity contribution is 0.0786. The molecule has 0 radical (unpaired) electrons. The molecule has 4 nitrogen and oxygen atoms in total. The summed E-state index contributed by atoms with van der Waals surface area (Å²) in [6.45, 7) is 2.47. The summed E-state index contributed by atoms with van der Waals surface area (Å²) >= 11 is 0. The fourth-order valence-corrected chi connectivity index (χ4v) is 2.81. The first-order valence-electron chi connectivity index (χ1n) is 8.81. The van der Waals surface area contributed by atoms with Crippen molar-refractivity contribution in [2.75, 3.05) is 12.4 Å². The van der Waals surface area contributed by atoms with Gasteiger partial charge in [-0.05, 0) is 36.8 Å². The van der Waals surface area contributed by atoms with Gasteiger partial charge in [-0.15, -0.1) is 0 Å². The second-order valence-electron chi connectivity index (χ2n) is 6.51. The Morgan fingerprint density at radius 2 is 1.48 bits per heavy atom. The molecule has 4 heteroatoms. The van der Waals surface area contributed by atoms with Crippen molar-refractivity contribution in [1.29, 1.82) is 0 Å². The topological polar surface area (TPSA) is 49.4 Å². The van der Waals surface area contributed by atoms with Gasteiger partial charge in [0.25, 0.3) is 11.8 Å². The first-order chi connectivity index (χ1) is 13.0. The Bertz CT molecular complexity index is 934. The Hall–Kier alpha value is -3.40. The van der Waals surface area contributed by atoms with Crippen LogP contribution in [0.3, 0.4) is 0 Å². The van der Waals surface area contributed by atoms with Gasteiger partial charge in [0.05, 0.1) is 11.3 Å². The van der Waals surface area contributed by atoms with E-state index in [1.54, 1.807) is 48.3 Å². The number of hydrogen-bond donors (Lipinski definition) is 1. The van der Waals surface area contributed by atoms with Crippen LogP contribution in [0.4, 0.5) is 5.69 Å². The van der Waals surface area contributed by atoms with Crippen LogP contribution in [0.1, 0.15) is 31.8 Å². The average Bonchev–Trinajstić information content (AvgIpc) is 2.69. The zero-order valence-corrected chi connectivity index (χ0v) is 15.5. The minimum Gasteiger partial charge on any atom is -0.337 e. The maximum atomic E-state index is 12.9. The molecule has 0 aliphatic carbocycles. The predicted molar refractivity (Wildman–Crippen MR) is 108 cm³/mol. The molecule has 27 heavy (non-hydrogen) atoms. The number of para-hydroxylation sites is 1. The van der Waals surface area contributed by atoms with Crippen molar-refractivity contribution in [3.8, 4) is 0 Å². The summed E-state index contributed by atoms with van der Waals surface area (Å²) in [5.41, 5.74) is 3.67. The highest BCUT2D eigenvalue weighted by Gasteiger charge is 2.17. The van der Waals surface area contributed by atoms with Crippen LogP contribution in [0.15, 0.2) is 78.9 Å². The monoisotopic (exact) mass is 358 g/mol. The minimum absolute atomic E-state index is 0.140. The Morgan fingerprint density at radius 3 is 2.19 bits per heavy atom. The molecule has 3 rings (SSSR count). The molecule has 0 heterocycles. The molecule has 2 amide bonds. The molecule has 0 bridgehead atoms. The van der Waals surface area contributed by atoms with E-state index in [2.05, 4.69) is 5.32 Å². The van der Waals surface area contributed by atoms with Gasteiger partial charge in [-0.2, -0.15) is 0 Å². The second-order valence-corrected chi connectivity index (χ2v) is 6.51. The van der Waals surface area contributed by atoms with E-state index in [0.29, 0.717) is 23.4 Å². The Morgan fingerprint density at radius 1 is 0.852 bits per heavy atom. The largest absolute Gasteiger partial charge is 0.337 e. The first kappa shape index (κ1) is 18.4. The molecule has 0 saturated carbocycles. The summed E-state index contributed by atoms with van der Waals surface area (Å²) in [4.78, 5) is 27.1. The zero-order valence-electron chi connectivity index (χ0n) is 15.5. The van der Waals surface area contributed by atoms with Crippen LogP contribution in [0, 0.1) is 6.92 Å². The molecule has 0 aromatic heterocycles. The van der Waals surface area contributed by atoms with Crippen LogP contribution in [0.2, 0.25) is 0 Å². The van der Waals surface area contributed by atoms with Crippen molar-refractivity contribution < 1.29 is 9.59 Å². The molecule has 0 atom stereocenters. The molecule has 0 spiro atoms. The molecular weight excluding hydrogens is 336 g/mol. The Labute approximate surface area is 159 Å². The van der Waals surface area contributed by atoms with Crippen molar-refractivity contribution in [2.45, 2.75) is 13.5 Å². The van der Waals surface area contributed by atoms with Crippen LogP contribution in [-0.4, -0.2) is 23.8 Å². The van der Waals surface area contributed by atoms with Crippen molar-refractivity contribution >= 4 is 17.5 Å². The molecule has 0 saturated heterocycles. The van der Waals surface area contributed by atoms with E-state index >= 15 is 0 Å². The van der Waals surface area contributed by atoms with Gasteiger partial charge < -0.3 is 10.2 Å². The van der Waals surface area contributed by atoms with Gasteiger partial charge in [0.2, 0.25) is 0 Å². The Balaban J connectivity index is 1.77. The van der Waals surface area contributed by atoms with E-state index in [4.69, 9.17) is 0 Å². The van der Waals surface area contributed by atoms with E-state index in [0.717, 1.165) is 11.1 Å². The number of carbonyl (C=O) groups is 2. The van der Waals surface area contributed by atoms with Gasteiger partial charge in [0.1, 0.15) is 0 Å². The highest BCUT2D eigenvalue weighted by atomic mass is 16.2.